The first-order chi connectivity index (χ1) is 22.2. The molecule has 0 N–H and O–H groups in total. The molecule has 1 aliphatic carbocycles. The summed E-state index contributed by atoms with van der Waals surface area (Å²) in [6.45, 7) is 13.3. The molecule has 1 fully saturated rings. The molecule has 5 nitrogen and oxygen atoms in total. The van der Waals surface area contributed by atoms with Gasteiger partial charge in [-0.05, 0) is 43.9 Å². The zero-order valence-electron chi connectivity index (χ0n) is 28.7. The summed E-state index contributed by atoms with van der Waals surface area (Å²) in [4.78, 5) is 0. The third-order valence-corrected chi connectivity index (χ3v) is 14.8. The monoisotopic (exact) mass is 686 g/mol. The van der Waals surface area contributed by atoms with Crippen LogP contribution in [0.1, 0.15) is 48.0 Å². The molecule has 0 bridgehead atoms. The Balaban J connectivity index is 1.58. The summed E-state index contributed by atoms with van der Waals surface area (Å²) >= 11 is 0. The third-order valence-electron chi connectivity index (χ3n) is 9.15. The summed E-state index contributed by atoms with van der Waals surface area (Å²) in [7, 11) is -8.01. The van der Waals surface area contributed by atoms with Crippen LogP contribution in [0.15, 0.2) is 121 Å². The van der Waals surface area contributed by atoms with Gasteiger partial charge in [0.25, 0.3) is 10.1 Å². The minimum Gasteiger partial charge on any atom is -0.407 e. The van der Waals surface area contributed by atoms with Crippen molar-refractivity contribution in [3.8, 4) is 0 Å². The lowest BCUT2D eigenvalue weighted by Crippen LogP contribution is -2.64. The van der Waals surface area contributed by atoms with E-state index in [-0.39, 0.29) is 34.9 Å². The highest BCUT2D eigenvalue weighted by Gasteiger charge is 2.57. The normalized spacial score (nSPS) is 20.1. The van der Waals surface area contributed by atoms with Crippen LogP contribution < -0.4 is 20.7 Å². The molecule has 8 heteroatoms. The molecule has 1 saturated carbocycles. The van der Waals surface area contributed by atoms with E-state index in [0.29, 0.717) is 6.42 Å². The van der Waals surface area contributed by atoms with Gasteiger partial charge in [-0.25, -0.2) is 0 Å². The molecule has 4 aromatic carbocycles. The Labute approximate surface area is 285 Å². The molecule has 1 aliphatic rings. The standard InChI is InChI=1S/C39H50O5SSi2/c1-38(2,3)36(43-46(29-20-12-8-13-21-29)30-22-14-9-15-23-30)33-28-34(42-45(7,40)41)35(33)37(39(4,5)6)44-47(31-24-16-10-17-25-31)32-26-18-11-19-27-32/h8-27,33-37,46-47H,28H2,1-7H3/t33-,34-,35+,36?,37?/m0/s1. The van der Waals surface area contributed by atoms with Gasteiger partial charge in [0, 0.05) is 5.92 Å². The van der Waals surface area contributed by atoms with E-state index in [0.717, 1.165) is 6.26 Å². The molecule has 0 saturated heterocycles. The molecule has 47 heavy (non-hydrogen) atoms. The van der Waals surface area contributed by atoms with Crippen molar-refractivity contribution in [3.63, 3.8) is 0 Å². The van der Waals surface area contributed by atoms with Crippen LogP contribution in [0.3, 0.4) is 0 Å². The fourth-order valence-electron chi connectivity index (χ4n) is 7.06. The summed E-state index contributed by atoms with van der Waals surface area (Å²) in [5, 5.41) is 4.82. The smallest absolute Gasteiger partial charge is 0.264 e. The van der Waals surface area contributed by atoms with E-state index in [1.807, 2.05) is 24.3 Å². The fraction of sp³-hybridized carbons (Fsp3) is 0.385. The molecule has 250 valence electrons. The van der Waals surface area contributed by atoms with Gasteiger partial charge in [0.15, 0.2) is 0 Å². The van der Waals surface area contributed by atoms with E-state index in [4.69, 9.17) is 13.0 Å². The van der Waals surface area contributed by atoms with Crippen LogP contribution in [0.4, 0.5) is 0 Å². The number of hydrogen-bond acceptors (Lipinski definition) is 5. The molecule has 4 aromatic rings. The Kier molecular flexibility index (Phi) is 11.1. The molecule has 0 radical (unpaired) electrons. The number of hydrogen-bond donors (Lipinski definition) is 0. The second-order valence-electron chi connectivity index (χ2n) is 15.1. The molecule has 0 amide bonds. The zero-order chi connectivity index (χ0) is 33.8. The van der Waals surface area contributed by atoms with Crippen LogP contribution in [0.5, 0.6) is 0 Å². The Bertz CT molecular complexity index is 1580. The number of rotatable bonds is 12. The van der Waals surface area contributed by atoms with Crippen molar-refractivity contribution >= 4 is 48.9 Å². The second kappa shape index (κ2) is 14.7. The molecule has 2 unspecified atom stereocenters. The zero-order valence-corrected chi connectivity index (χ0v) is 31.9. The Morgan fingerprint density at radius 3 is 1.19 bits per heavy atom. The minimum atomic E-state index is -3.70. The van der Waals surface area contributed by atoms with Gasteiger partial charge < -0.3 is 8.85 Å². The first kappa shape index (κ1) is 35.5. The van der Waals surface area contributed by atoms with Crippen LogP contribution in [0, 0.1) is 22.7 Å². The third kappa shape index (κ3) is 8.99. The van der Waals surface area contributed by atoms with Gasteiger partial charge >= 0.3 is 0 Å². The van der Waals surface area contributed by atoms with Crippen molar-refractivity contribution < 1.29 is 21.5 Å². The highest BCUT2D eigenvalue weighted by molar-refractivity contribution is 7.86. The van der Waals surface area contributed by atoms with Crippen LogP contribution in [0.2, 0.25) is 0 Å². The molecule has 0 spiro atoms. The van der Waals surface area contributed by atoms with Crippen molar-refractivity contribution in [1.82, 2.24) is 0 Å². The van der Waals surface area contributed by atoms with E-state index in [1.165, 1.54) is 20.7 Å². The average molecular weight is 687 g/mol. The maximum Gasteiger partial charge on any atom is 0.264 e. The molecular formula is C39H50O5SSi2. The Morgan fingerprint density at radius 2 is 0.894 bits per heavy atom. The van der Waals surface area contributed by atoms with Gasteiger partial charge in [-0.1, -0.05) is 163 Å². The SMILES string of the molecule is CC(C)(C)C(O[SiH](c1ccccc1)c1ccccc1)[C@H]1[C@@H](OS(C)(=O)=O)C[C@@H]1C(O[SiH](c1ccccc1)c1ccccc1)C(C)(C)C. The largest absolute Gasteiger partial charge is 0.407 e. The second-order valence-corrected chi connectivity index (χ2v) is 21.4. The van der Waals surface area contributed by atoms with Crippen molar-refractivity contribution in [3.05, 3.63) is 121 Å². The quantitative estimate of drug-likeness (QED) is 0.157. The summed E-state index contributed by atoms with van der Waals surface area (Å²) in [5.74, 6) is -0.174. The number of benzene rings is 4. The molecule has 5 rings (SSSR count). The van der Waals surface area contributed by atoms with E-state index in [2.05, 4.69) is 139 Å². The van der Waals surface area contributed by atoms with Gasteiger partial charge in [-0.3, -0.25) is 4.18 Å². The van der Waals surface area contributed by atoms with Crippen LogP contribution >= 0.6 is 0 Å². The van der Waals surface area contributed by atoms with E-state index >= 15 is 0 Å². The highest BCUT2D eigenvalue weighted by atomic mass is 32.2. The maximum atomic E-state index is 12.7. The lowest BCUT2D eigenvalue weighted by molar-refractivity contribution is -0.154. The van der Waals surface area contributed by atoms with Gasteiger partial charge in [0.1, 0.15) is 0 Å². The predicted molar refractivity (Wildman–Crippen MR) is 199 cm³/mol. The van der Waals surface area contributed by atoms with Crippen molar-refractivity contribution in [2.45, 2.75) is 66.3 Å². The Morgan fingerprint density at radius 1 is 0.574 bits per heavy atom. The topological polar surface area (TPSA) is 61.8 Å². The van der Waals surface area contributed by atoms with Crippen LogP contribution in [0.25, 0.3) is 0 Å². The van der Waals surface area contributed by atoms with Gasteiger partial charge in [0.05, 0.1) is 24.6 Å². The van der Waals surface area contributed by atoms with Crippen molar-refractivity contribution in [1.29, 1.82) is 0 Å². The van der Waals surface area contributed by atoms with E-state index < -0.39 is 34.3 Å². The lowest BCUT2D eigenvalue weighted by Gasteiger charge is -2.56. The lowest BCUT2D eigenvalue weighted by atomic mass is 9.58. The Hall–Kier alpha value is -2.86. The summed E-state index contributed by atoms with van der Waals surface area (Å²) in [6.07, 6.45) is 0.797. The summed E-state index contributed by atoms with van der Waals surface area (Å²) in [6, 6.07) is 42.1. The first-order valence-corrected chi connectivity index (χ1v) is 21.7. The minimum absolute atomic E-state index is 0.0228. The molecule has 0 heterocycles. The summed E-state index contributed by atoms with van der Waals surface area (Å²) < 4.78 is 46.1. The molecule has 0 aromatic heterocycles. The fourth-order valence-corrected chi connectivity index (χ4v) is 13.2. The molecule has 0 aliphatic heterocycles. The predicted octanol–water partition coefficient (Wildman–Crippen LogP) is 4.91. The molecular weight excluding hydrogens is 637 g/mol. The first-order valence-electron chi connectivity index (χ1n) is 16.6. The van der Waals surface area contributed by atoms with E-state index in [9.17, 15) is 8.42 Å². The summed E-state index contributed by atoms with van der Waals surface area (Å²) in [5.41, 5.74) is -0.540. The molecule has 5 atom stereocenters. The van der Waals surface area contributed by atoms with Crippen molar-refractivity contribution in [2.75, 3.05) is 6.26 Å². The van der Waals surface area contributed by atoms with Crippen molar-refractivity contribution in [2.24, 2.45) is 22.7 Å². The van der Waals surface area contributed by atoms with Gasteiger partial charge in [0.2, 0.25) is 18.1 Å². The van der Waals surface area contributed by atoms with Crippen LogP contribution in [-0.4, -0.2) is 51.1 Å². The van der Waals surface area contributed by atoms with Gasteiger partial charge in [-0.15, -0.1) is 0 Å². The van der Waals surface area contributed by atoms with Crippen LogP contribution in [-0.2, 0) is 23.2 Å². The van der Waals surface area contributed by atoms with Gasteiger partial charge in [-0.2, -0.15) is 8.42 Å². The average Bonchev–Trinajstić information content (AvgIpc) is 3.02. The maximum absolute atomic E-state index is 12.7. The van der Waals surface area contributed by atoms with E-state index in [1.54, 1.807) is 0 Å². The highest BCUT2D eigenvalue weighted by Crippen LogP contribution is 2.51.